The second kappa shape index (κ2) is 11.1. The number of hydrogen-bond acceptors (Lipinski definition) is 5. The first-order valence-corrected chi connectivity index (χ1v) is 9.27. The number of aryl methyl sites for hydroxylation is 2. The van der Waals surface area contributed by atoms with Gasteiger partial charge in [-0.15, -0.1) is 0 Å². The molecule has 2 aromatic heterocycles. The zero-order chi connectivity index (χ0) is 21.9. The molecule has 0 N–H and O–H groups in total. The summed E-state index contributed by atoms with van der Waals surface area (Å²) in [6, 6.07) is 15.0. The summed E-state index contributed by atoms with van der Waals surface area (Å²) in [7, 11) is -1.00. The van der Waals surface area contributed by atoms with Crippen molar-refractivity contribution in [3.05, 3.63) is 82.5 Å². The minimum absolute atomic E-state index is 0.583. The van der Waals surface area contributed by atoms with E-state index in [1.54, 1.807) is 24.5 Å². The monoisotopic (exact) mass is 459 g/mol. The second-order valence-corrected chi connectivity index (χ2v) is 6.71. The molecule has 0 spiro atoms. The van der Waals surface area contributed by atoms with E-state index in [2.05, 4.69) is 25.9 Å². The van der Waals surface area contributed by atoms with Crippen molar-refractivity contribution in [3.8, 4) is 22.9 Å². The summed E-state index contributed by atoms with van der Waals surface area (Å²) in [4.78, 5) is 18.6. The van der Waals surface area contributed by atoms with Crippen molar-refractivity contribution in [2.24, 2.45) is 0 Å². The van der Waals surface area contributed by atoms with Gasteiger partial charge in [-0.2, -0.15) is 0 Å². The highest BCUT2D eigenvalue weighted by Gasteiger charge is 2.04. The number of oxazole rings is 2. The molecule has 0 saturated carbocycles. The average molecular weight is 460 g/mol. The maximum absolute atomic E-state index is 10.4. The Morgan fingerprint density at radius 1 is 0.897 bits per heavy atom. The van der Waals surface area contributed by atoms with Gasteiger partial charge in [0.25, 0.3) is 0 Å². The first-order chi connectivity index (χ1) is 14.5. The molecule has 0 aliphatic heterocycles. The van der Waals surface area contributed by atoms with Crippen LogP contribution in [0.3, 0.4) is 0 Å². The van der Waals surface area contributed by atoms with E-state index in [0.717, 1.165) is 33.4 Å². The summed E-state index contributed by atoms with van der Waals surface area (Å²) >= 11 is 3.37. The third-order valence-corrected chi connectivity index (χ3v) is 4.16. The van der Waals surface area contributed by atoms with Crippen LogP contribution in [-0.2, 0) is 0 Å². The smallest absolute Gasteiger partial charge is 0.226 e. The van der Waals surface area contributed by atoms with Crippen LogP contribution in [0.5, 0.6) is 0 Å². The van der Waals surface area contributed by atoms with Gasteiger partial charge in [0.05, 0.1) is 20.9 Å². The van der Waals surface area contributed by atoms with Gasteiger partial charge in [0.15, 0.2) is 0 Å². The summed E-state index contributed by atoms with van der Waals surface area (Å²) in [5.74, 6) is 2.86. The number of hydrogen-bond donors (Lipinski definition) is 0. The highest BCUT2D eigenvalue weighted by atomic mass is 79.9. The number of aldehydes is 1. The van der Waals surface area contributed by atoms with Crippen LogP contribution in [0.25, 0.3) is 22.9 Å². The quantitative estimate of drug-likeness (QED) is 0.328. The van der Waals surface area contributed by atoms with E-state index in [1.165, 1.54) is 0 Å². The van der Waals surface area contributed by atoms with Crippen molar-refractivity contribution in [1.29, 1.82) is 0 Å². The number of alkyl halides is 1. The van der Waals surface area contributed by atoms with Crippen molar-refractivity contribution < 1.29 is 19.4 Å². The van der Waals surface area contributed by atoms with Crippen LogP contribution in [0.15, 0.2) is 74.2 Å². The van der Waals surface area contributed by atoms with Crippen LogP contribution < -0.4 is 0 Å². The summed E-state index contributed by atoms with van der Waals surface area (Å²) in [6.07, 6.45) is 4.20. The fraction of sp³-hybridized carbons (Fsp3) is 0.136. The molecule has 7 heteroatoms. The van der Waals surface area contributed by atoms with E-state index >= 15 is 0 Å². The van der Waals surface area contributed by atoms with Crippen molar-refractivity contribution >= 4 is 22.2 Å². The number of halogens is 2. The van der Waals surface area contributed by atoms with Crippen LogP contribution >= 0.6 is 15.9 Å². The Bertz CT molecular complexity index is 1050. The van der Waals surface area contributed by atoms with Gasteiger partial charge in [0.2, 0.25) is 11.8 Å². The molecule has 5 nitrogen and oxygen atoms in total. The van der Waals surface area contributed by atoms with Crippen molar-refractivity contribution in [2.45, 2.75) is 13.8 Å². The molecule has 4 aromatic rings. The average Bonchev–Trinajstić information content (AvgIpc) is 3.38. The number of carbonyl (C=O) groups excluding carboxylic acids is 1. The predicted octanol–water partition coefficient (Wildman–Crippen LogP) is 6.46. The standard InChI is InChI=1S/C11H9NO2.C10H8BrNO.CH3F/c1-8-6-12-11(14-8)10-4-2-9(7-13)3-5-10;1-7-6-12-10(13-7)8-2-4-9(11)5-3-8;1-2/h2-7H,1H3;2-6H,1H3;1H3/i;;1D. The molecule has 0 aliphatic carbocycles. The maximum Gasteiger partial charge on any atom is 0.226 e. The van der Waals surface area contributed by atoms with Crippen molar-refractivity contribution in [2.75, 3.05) is 7.15 Å². The Kier molecular flexibility index (Phi) is 7.89. The number of rotatable bonds is 3. The highest BCUT2D eigenvalue weighted by molar-refractivity contribution is 9.10. The first-order valence-electron chi connectivity index (χ1n) is 9.19. The predicted molar refractivity (Wildman–Crippen MR) is 113 cm³/mol. The lowest BCUT2D eigenvalue weighted by Crippen LogP contribution is -1.80. The van der Waals surface area contributed by atoms with Crippen LogP contribution in [0.2, 0.25) is 0 Å². The zero-order valence-electron chi connectivity index (χ0n) is 16.9. The fourth-order valence-corrected chi connectivity index (χ4v) is 2.54. The molecule has 0 atom stereocenters. The Balaban J connectivity index is 0.000000190. The van der Waals surface area contributed by atoms with E-state index < -0.39 is 7.15 Å². The third-order valence-electron chi connectivity index (χ3n) is 3.63. The molecular formula is C22H20BrFN2O3. The molecule has 2 heterocycles. The van der Waals surface area contributed by atoms with E-state index in [0.29, 0.717) is 17.3 Å². The Labute approximate surface area is 178 Å². The Morgan fingerprint density at radius 2 is 1.31 bits per heavy atom. The fourth-order valence-electron chi connectivity index (χ4n) is 2.27. The van der Waals surface area contributed by atoms with Crippen LogP contribution in [0.1, 0.15) is 23.2 Å². The molecule has 4 rings (SSSR count). The molecule has 0 fully saturated rings. The van der Waals surface area contributed by atoms with Gasteiger partial charge in [-0.25, -0.2) is 9.97 Å². The SMILES string of the molecule is Cc1cnc(-c2ccc(Br)cc2)o1.Cc1cnc(-c2ccc(C=O)cc2)o1.[2H]CF. The summed E-state index contributed by atoms with van der Waals surface area (Å²) < 4.78 is 27.3. The van der Waals surface area contributed by atoms with Gasteiger partial charge in [0, 0.05) is 21.2 Å². The molecule has 2 aromatic carbocycles. The third kappa shape index (κ3) is 6.50. The van der Waals surface area contributed by atoms with Crippen LogP contribution in [0, 0.1) is 13.8 Å². The van der Waals surface area contributed by atoms with E-state index in [1.807, 2.05) is 50.2 Å². The van der Waals surface area contributed by atoms with Gasteiger partial charge < -0.3 is 8.83 Å². The normalized spacial score (nSPS) is 10.1. The largest absolute Gasteiger partial charge is 0.441 e. The number of benzene rings is 2. The first kappa shape index (κ1) is 20.7. The van der Waals surface area contributed by atoms with Gasteiger partial charge in [0.1, 0.15) is 17.8 Å². The minimum Gasteiger partial charge on any atom is -0.441 e. The molecule has 0 radical (unpaired) electrons. The second-order valence-electron chi connectivity index (χ2n) is 5.80. The molecule has 0 aliphatic rings. The lowest BCUT2D eigenvalue weighted by molar-refractivity contribution is 0.112. The summed E-state index contributed by atoms with van der Waals surface area (Å²) in [5.41, 5.74) is 2.53. The summed E-state index contributed by atoms with van der Waals surface area (Å²) in [5, 5.41) is 0. The van der Waals surface area contributed by atoms with Gasteiger partial charge in [-0.05, 0) is 50.2 Å². The minimum atomic E-state index is -1.00. The molecule has 0 saturated heterocycles. The van der Waals surface area contributed by atoms with Gasteiger partial charge >= 0.3 is 0 Å². The lowest BCUT2D eigenvalue weighted by atomic mass is 10.1. The molecular weight excluding hydrogens is 439 g/mol. The number of nitrogens with zero attached hydrogens (tertiary/aromatic N) is 2. The van der Waals surface area contributed by atoms with E-state index in [9.17, 15) is 9.18 Å². The summed E-state index contributed by atoms with van der Waals surface area (Å²) in [6.45, 7) is 3.73. The Hall–Kier alpha value is -3.06. The molecule has 0 bridgehead atoms. The van der Waals surface area contributed by atoms with Crippen molar-refractivity contribution in [1.82, 2.24) is 9.97 Å². The maximum atomic E-state index is 10.4. The van der Waals surface area contributed by atoms with E-state index in [-0.39, 0.29) is 0 Å². The zero-order valence-corrected chi connectivity index (χ0v) is 17.5. The molecule has 29 heavy (non-hydrogen) atoms. The van der Waals surface area contributed by atoms with Gasteiger partial charge in [-0.3, -0.25) is 9.18 Å². The number of aromatic nitrogens is 2. The van der Waals surface area contributed by atoms with Crippen LogP contribution in [0.4, 0.5) is 4.39 Å². The molecule has 150 valence electrons. The topological polar surface area (TPSA) is 69.1 Å². The molecule has 0 unspecified atom stereocenters. The highest BCUT2D eigenvalue weighted by Crippen LogP contribution is 2.21. The van der Waals surface area contributed by atoms with E-state index in [4.69, 9.17) is 10.2 Å². The lowest BCUT2D eigenvalue weighted by Gasteiger charge is -1.94. The van der Waals surface area contributed by atoms with Crippen LogP contribution in [-0.4, -0.2) is 23.4 Å². The molecule has 0 amide bonds. The Morgan fingerprint density at radius 3 is 1.66 bits per heavy atom. The van der Waals surface area contributed by atoms with Gasteiger partial charge in [-0.1, -0.05) is 28.1 Å². The van der Waals surface area contributed by atoms with Crippen molar-refractivity contribution in [3.63, 3.8) is 0 Å². The number of carbonyl (C=O) groups is 1.